The van der Waals surface area contributed by atoms with Gasteiger partial charge in [0.05, 0.1) is 18.8 Å². The van der Waals surface area contributed by atoms with Gasteiger partial charge in [-0.2, -0.15) is 0 Å². The van der Waals surface area contributed by atoms with E-state index in [2.05, 4.69) is 17.3 Å². The molecule has 0 bridgehead atoms. The second-order valence-electron chi connectivity index (χ2n) is 8.29. The lowest BCUT2D eigenvalue weighted by Crippen LogP contribution is -2.08. The molecule has 0 heterocycles. The standard InChI is InChI=1S/C28H31N3O6S/c1-3-9-19-23(12-7-13-24(19)37-25-11-6-5-10-20(25)28(33)34)35-14-8-15-36-26-17-22(32)21(16-18(26)4-2)27(38)30-31-29/h5-7,10-13,16-17,32H,3-4,8-9,14-15H2,1-2H3,(H,33,34)(H2,29,30,38). The van der Waals surface area contributed by atoms with Crippen LogP contribution in [0.1, 0.15) is 53.7 Å². The first kappa shape index (κ1) is 28.4. The first-order valence-corrected chi connectivity index (χ1v) is 12.7. The number of phenols is 1. The number of benzene rings is 3. The molecule has 200 valence electrons. The molecule has 3 rings (SSSR count). The molecule has 9 nitrogen and oxygen atoms in total. The van der Waals surface area contributed by atoms with Gasteiger partial charge in [-0.15, -0.1) is 5.11 Å². The van der Waals surface area contributed by atoms with Gasteiger partial charge in [0.2, 0.25) is 0 Å². The average Bonchev–Trinajstić information content (AvgIpc) is 2.90. The van der Waals surface area contributed by atoms with Crippen molar-refractivity contribution in [3.8, 4) is 28.7 Å². The molecule has 0 spiro atoms. The summed E-state index contributed by atoms with van der Waals surface area (Å²) >= 11 is 5.13. The highest BCUT2D eigenvalue weighted by Gasteiger charge is 2.16. The Kier molecular flexibility index (Phi) is 10.4. The van der Waals surface area contributed by atoms with Crippen molar-refractivity contribution in [2.45, 2.75) is 39.5 Å². The van der Waals surface area contributed by atoms with Crippen LogP contribution in [0.15, 0.2) is 64.9 Å². The van der Waals surface area contributed by atoms with Gasteiger partial charge in [-0.3, -0.25) is 0 Å². The van der Waals surface area contributed by atoms with E-state index in [1.807, 2.05) is 25.1 Å². The van der Waals surface area contributed by atoms with Crippen LogP contribution < -0.4 is 20.1 Å². The third kappa shape index (κ3) is 7.19. The Morgan fingerprint density at radius 2 is 1.63 bits per heavy atom. The molecule has 0 aromatic heterocycles. The van der Waals surface area contributed by atoms with Crippen molar-refractivity contribution in [1.29, 1.82) is 0 Å². The van der Waals surface area contributed by atoms with Crippen molar-refractivity contribution < 1.29 is 29.2 Å². The Morgan fingerprint density at radius 3 is 2.32 bits per heavy atom. The number of hydrogen-bond donors (Lipinski definition) is 3. The van der Waals surface area contributed by atoms with Crippen LogP contribution >= 0.6 is 12.2 Å². The second kappa shape index (κ2) is 13.9. The number of aryl methyl sites for hydroxylation is 1. The maximum atomic E-state index is 11.6. The number of rotatable bonds is 13. The highest BCUT2D eigenvalue weighted by Crippen LogP contribution is 2.35. The van der Waals surface area contributed by atoms with Crippen molar-refractivity contribution in [2.24, 2.45) is 16.2 Å². The number of phenolic OH excluding ortho intramolecular Hbond substituents is 1. The number of ether oxygens (including phenoxy) is 3. The van der Waals surface area contributed by atoms with Crippen LogP contribution in [-0.2, 0) is 12.8 Å². The molecule has 0 saturated heterocycles. The maximum Gasteiger partial charge on any atom is 0.339 e. The fourth-order valence-corrected chi connectivity index (χ4v) is 4.06. The molecule has 0 amide bonds. The van der Waals surface area contributed by atoms with E-state index in [0.717, 1.165) is 17.5 Å². The lowest BCUT2D eigenvalue weighted by atomic mass is 10.1. The number of nitrogens with zero attached hydrogens (tertiary/aromatic N) is 2. The molecule has 0 fully saturated rings. The predicted molar refractivity (Wildman–Crippen MR) is 148 cm³/mol. The number of hydrogen-bond acceptors (Lipinski definition) is 7. The molecule has 4 N–H and O–H groups in total. The Balaban J connectivity index is 1.66. The van der Waals surface area contributed by atoms with Gasteiger partial charge in [0.15, 0.2) is 4.99 Å². The minimum Gasteiger partial charge on any atom is -0.507 e. The summed E-state index contributed by atoms with van der Waals surface area (Å²) < 4.78 is 18.0. The molecule has 3 aromatic rings. The number of aromatic carboxylic acids is 1. The molecule has 0 unspecified atom stereocenters. The van der Waals surface area contributed by atoms with Gasteiger partial charge in [0.1, 0.15) is 34.3 Å². The number of nitrogens with two attached hydrogens (primary N) is 1. The highest BCUT2D eigenvalue weighted by molar-refractivity contribution is 7.80. The largest absolute Gasteiger partial charge is 0.507 e. The Hall–Kier alpha value is -4.18. The van der Waals surface area contributed by atoms with E-state index in [-0.39, 0.29) is 22.1 Å². The van der Waals surface area contributed by atoms with E-state index < -0.39 is 5.97 Å². The summed E-state index contributed by atoms with van der Waals surface area (Å²) in [6.45, 7) is 4.78. The van der Waals surface area contributed by atoms with Gasteiger partial charge < -0.3 is 30.3 Å². The molecule has 0 aliphatic carbocycles. The summed E-state index contributed by atoms with van der Waals surface area (Å²) in [5.41, 5.74) is 2.20. The Bertz CT molecular complexity index is 1310. The molecule has 0 radical (unpaired) electrons. The fraction of sp³-hybridized carbons (Fsp3) is 0.286. The Labute approximate surface area is 226 Å². The number of carboxylic acids is 1. The van der Waals surface area contributed by atoms with E-state index in [4.69, 9.17) is 32.3 Å². The van der Waals surface area contributed by atoms with Gasteiger partial charge in [-0.25, -0.2) is 4.79 Å². The number of para-hydroxylation sites is 1. The molecule has 3 aromatic carbocycles. The topological polar surface area (TPSA) is 136 Å². The monoisotopic (exact) mass is 537 g/mol. The van der Waals surface area contributed by atoms with E-state index in [1.165, 1.54) is 12.1 Å². The Morgan fingerprint density at radius 1 is 0.947 bits per heavy atom. The van der Waals surface area contributed by atoms with Crippen LogP contribution in [0.25, 0.3) is 0 Å². The summed E-state index contributed by atoms with van der Waals surface area (Å²) in [7, 11) is 0. The van der Waals surface area contributed by atoms with Gasteiger partial charge in [0.25, 0.3) is 0 Å². The maximum absolute atomic E-state index is 11.6. The summed E-state index contributed by atoms with van der Waals surface area (Å²) in [6, 6.07) is 15.3. The number of carboxylic acid groups (broad SMARTS) is 1. The summed E-state index contributed by atoms with van der Waals surface area (Å²) in [5, 5.41) is 26.6. The fourth-order valence-electron chi connectivity index (χ4n) is 3.85. The van der Waals surface area contributed by atoms with Crippen molar-refractivity contribution in [2.75, 3.05) is 13.2 Å². The molecule has 10 heteroatoms. The van der Waals surface area contributed by atoms with Crippen LogP contribution in [0.4, 0.5) is 0 Å². The zero-order chi connectivity index (χ0) is 27.5. The van der Waals surface area contributed by atoms with Gasteiger partial charge in [-0.05, 0) is 48.7 Å². The normalized spacial score (nSPS) is 10.9. The first-order valence-electron chi connectivity index (χ1n) is 12.3. The zero-order valence-corrected chi connectivity index (χ0v) is 22.2. The minimum absolute atomic E-state index is 0.0589. The highest BCUT2D eigenvalue weighted by atomic mass is 32.1. The molecule has 0 atom stereocenters. The van der Waals surface area contributed by atoms with E-state index in [1.54, 1.807) is 24.3 Å². The van der Waals surface area contributed by atoms with Gasteiger partial charge in [-0.1, -0.05) is 55.9 Å². The van der Waals surface area contributed by atoms with Crippen LogP contribution in [0.5, 0.6) is 28.7 Å². The summed E-state index contributed by atoms with van der Waals surface area (Å²) in [5.74, 6) is 6.02. The summed E-state index contributed by atoms with van der Waals surface area (Å²) in [4.78, 5) is 11.7. The second-order valence-corrected chi connectivity index (χ2v) is 8.67. The smallest absolute Gasteiger partial charge is 0.339 e. The third-order valence-electron chi connectivity index (χ3n) is 5.67. The van der Waals surface area contributed by atoms with Gasteiger partial charge in [0, 0.05) is 18.1 Å². The van der Waals surface area contributed by atoms with Crippen LogP contribution in [0.3, 0.4) is 0 Å². The van der Waals surface area contributed by atoms with E-state index in [0.29, 0.717) is 55.3 Å². The summed E-state index contributed by atoms with van der Waals surface area (Å²) in [6.07, 6.45) is 2.81. The predicted octanol–water partition coefficient (Wildman–Crippen LogP) is 6.25. The van der Waals surface area contributed by atoms with Crippen LogP contribution in [0, 0.1) is 0 Å². The molecule has 0 saturated carbocycles. The molecule has 0 aliphatic heterocycles. The van der Waals surface area contributed by atoms with Crippen LogP contribution in [-0.4, -0.2) is 34.4 Å². The molecule has 0 aliphatic rings. The van der Waals surface area contributed by atoms with Crippen molar-refractivity contribution in [3.05, 3.63) is 76.9 Å². The SMILES string of the molecule is CCCc1c(OCCCOc2cc(O)c(C(=S)N=NN)cc2CC)cccc1Oc1ccccc1C(=O)O. The first-order chi connectivity index (χ1) is 18.4. The third-order valence-corrected chi connectivity index (χ3v) is 5.97. The number of aromatic hydroxyl groups is 1. The number of carbonyl (C=O) groups is 1. The lowest BCUT2D eigenvalue weighted by Gasteiger charge is -2.17. The lowest BCUT2D eigenvalue weighted by molar-refractivity contribution is 0.0694. The van der Waals surface area contributed by atoms with Crippen molar-refractivity contribution in [1.82, 2.24) is 0 Å². The molecule has 38 heavy (non-hydrogen) atoms. The average molecular weight is 538 g/mol. The van der Waals surface area contributed by atoms with Crippen LogP contribution in [0.2, 0.25) is 0 Å². The van der Waals surface area contributed by atoms with Crippen molar-refractivity contribution in [3.63, 3.8) is 0 Å². The quantitative estimate of drug-likeness (QED) is 0.0765. The van der Waals surface area contributed by atoms with Crippen molar-refractivity contribution >= 4 is 23.2 Å². The van der Waals surface area contributed by atoms with E-state index in [9.17, 15) is 15.0 Å². The number of thiocarbonyl (C=S) groups is 1. The molecular formula is C28H31N3O6S. The zero-order valence-electron chi connectivity index (χ0n) is 21.3. The minimum atomic E-state index is -1.05. The van der Waals surface area contributed by atoms with Gasteiger partial charge >= 0.3 is 5.97 Å². The van der Waals surface area contributed by atoms with E-state index >= 15 is 0 Å². The molecular weight excluding hydrogens is 506 g/mol.